The minimum Gasteiger partial charge on any atom is -0.407 e. The number of aliphatic imine (C=N–C) groups is 2. The van der Waals surface area contributed by atoms with E-state index in [1.807, 2.05) is 55.5 Å². The zero-order valence-corrected chi connectivity index (χ0v) is 21.3. The highest BCUT2D eigenvalue weighted by molar-refractivity contribution is 6.19. The molecule has 2 aliphatic heterocycles. The van der Waals surface area contributed by atoms with Crippen molar-refractivity contribution in [2.24, 2.45) is 15.7 Å². The average molecular weight is 522 g/mol. The molecule has 0 spiro atoms. The van der Waals surface area contributed by atoms with E-state index in [0.717, 1.165) is 11.1 Å². The third-order valence-electron chi connectivity index (χ3n) is 6.48. The van der Waals surface area contributed by atoms with Crippen LogP contribution < -0.4 is 16.0 Å². The Morgan fingerprint density at radius 3 is 2.74 bits per heavy atom. The molecule has 1 amide bonds. The molecular weight excluding hydrogens is 494 g/mol. The van der Waals surface area contributed by atoms with Crippen LogP contribution in [-0.4, -0.2) is 55.5 Å². The maximum Gasteiger partial charge on any atom is 0.291 e. The van der Waals surface area contributed by atoms with Gasteiger partial charge in [0.25, 0.3) is 11.9 Å². The fourth-order valence-corrected chi connectivity index (χ4v) is 4.58. The number of nitrogens with zero attached hydrogens (tertiary/aromatic N) is 4. The number of carbonyl (C=O) groups is 1. The van der Waals surface area contributed by atoms with Crippen molar-refractivity contribution in [3.05, 3.63) is 95.1 Å². The van der Waals surface area contributed by atoms with Crippen LogP contribution in [0.2, 0.25) is 0 Å². The van der Waals surface area contributed by atoms with Crippen molar-refractivity contribution in [2.45, 2.75) is 19.1 Å². The third kappa shape index (κ3) is 5.49. The Morgan fingerprint density at radius 2 is 1.97 bits per heavy atom. The van der Waals surface area contributed by atoms with Crippen molar-refractivity contribution in [3.63, 3.8) is 0 Å². The van der Waals surface area contributed by atoms with Gasteiger partial charge in [-0.2, -0.15) is 10.3 Å². The molecule has 0 aliphatic carbocycles. The van der Waals surface area contributed by atoms with Gasteiger partial charge in [-0.15, -0.1) is 0 Å². The number of nitriles is 1. The number of nitrogens with two attached hydrogens (primary N) is 1. The molecular formula is C29H27N7O3. The summed E-state index contributed by atoms with van der Waals surface area (Å²) in [6.45, 7) is 3.65. The maximum absolute atomic E-state index is 13.1. The number of fused-ring (bicyclic) bond motifs is 1. The first kappa shape index (κ1) is 25.6. The zero-order chi connectivity index (χ0) is 27.4. The minimum atomic E-state index is -1.24. The molecule has 5 rings (SSSR count). The lowest BCUT2D eigenvalue weighted by atomic mass is 10.0. The number of ether oxygens (including phenoxy) is 2. The van der Waals surface area contributed by atoms with Gasteiger partial charge >= 0.3 is 0 Å². The Hall–Kier alpha value is -5.01. The van der Waals surface area contributed by atoms with Crippen LogP contribution in [0.5, 0.6) is 0 Å². The molecule has 0 bridgehead atoms. The number of benzene rings is 3. The summed E-state index contributed by atoms with van der Waals surface area (Å²) in [5.74, 6) is -0.744. The molecule has 2 heterocycles. The second-order valence-electron chi connectivity index (χ2n) is 9.11. The van der Waals surface area contributed by atoms with E-state index in [1.165, 1.54) is 0 Å². The van der Waals surface area contributed by atoms with Crippen molar-refractivity contribution in [3.8, 4) is 6.07 Å². The Kier molecular flexibility index (Phi) is 7.34. The van der Waals surface area contributed by atoms with Gasteiger partial charge in [-0.25, -0.2) is 4.99 Å². The number of hydrogen-bond donors (Lipinski definition) is 3. The van der Waals surface area contributed by atoms with E-state index < -0.39 is 12.1 Å². The van der Waals surface area contributed by atoms with Crippen molar-refractivity contribution >= 4 is 34.9 Å². The van der Waals surface area contributed by atoms with Crippen LogP contribution in [0.25, 0.3) is 0 Å². The van der Waals surface area contributed by atoms with Crippen LogP contribution in [0.4, 0.5) is 11.4 Å². The van der Waals surface area contributed by atoms with Crippen molar-refractivity contribution in [1.29, 1.82) is 10.7 Å². The van der Waals surface area contributed by atoms with Gasteiger partial charge < -0.3 is 25.4 Å². The number of morpholine rings is 1. The molecule has 196 valence electrons. The SMILES string of the molecule is C[C@@H]1COCCN1c1cc(C#N)ccc1C(=N)O/C(N)=N/C1N=C(c2ccccc2)c2ccccc2NC1=O. The average Bonchev–Trinajstić information content (AvgIpc) is 3.09. The lowest BCUT2D eigenvalue weighted by Gasteiger charge is -2.36. The van der Waals surface area contributed by atoms with E-state index in [2.05, 4.69) is 26.3 Å². The molecule has 10 heteroatoms. The van der Waals surface area contributed by atoms with Gasteiger partial charge in [0, 0.05) is 23.7 Å². The van der Waals surface area contributed by atoms with Crippen molar-refractivity contribution < 1.29 is 14.3 Å². The molecule has 2 atom stereocenters. The standard InChI is InChI=1S/C29H27N7O3/c1-18-17-38-14-13-36(18)24-15-19(16-30)11-12-22(24)26(31)39-29(32)35-27-28(37)33-23-10-6-5-9-21(23)25(34-27)20-7-3-2-4-8-20/h2-12,15,18,27,31H,13-14,17H2,1H3,(H2,32,35)(H,33,37)/t18-,27?/m1/s1. The topological polar surface area (TPSA) is 149 Å². The first-order valence-electron chi connectivity index (χ1n) is 12.5. The lowest BCUT2D eigenvalue weighted by Crippen LogP contribution is -2.44. The number of amides is 1. The highest BCUT2D eigenvalue weighted by Crippen LogP contribution is 2.27. The van der Waals surface area contributed by atoms with E-state index in [9.17, 15) is 10.1 Å². The molecule has 4 N–H and O–H groups in total. The summed E-state index contributed by atoms with van der Waals surface area (Å²) in [6.07, 6.45) is -1.24. The summed E-state index contributed by atoms with van der Waals surface area (Å²) in [4.78, 5) is 24.0. The van der Waals surface area contributed by atoms with Gasteiger partial charge in [0.1, 0.15) is 0 Å². The largest absolute Gasteiger partial charge is 0.407 e. The molecule has 3 aromatic carbocycles. The molecule has 0 saturated carbocycles. The number of rotatable bonds is 4. The van der Waals surface area contributed by atoms with Crippen LogP contribution >= 0.6 is 0 Å². The molecule has 3 aromatic rings. The monoisotopic (exact) mass is 521 g/mol. The van der Waals surface area contributed by atoms with E-state index >= 15 is 0 Å². The minimum absolute atomic E-state index is 0.0346. The number of para-hydroxylation sites is 1. The Balaban J connectivity index is 1.45. The molecule has 0 aromatic heterocycles. The van der Waals surface area contributed by atoms with E-state index in [-0.39, 0.29) is 18.0 Å². The smallest absolute Gasteiger partial charge is 0.291 e. The summed E-state index contributed by atoms with van der Waals surface area (Å²) < 4.78 is 11.2. The van der Waals surface area contributed by atoms with Crippen LogP contribution in [0, 0.1) is 16.7 Å². The predicted molar refractivity (Wildman–Crippen MR) is 149 cm³/mol. The first-order chi connectivity index (χ1) is 18.9. The van der Waals surface area contributed by atoms with Crippen LogP contribution in [0.3, 0.4) is 0 Å². The molecule has 39 heavy (non-hydrogen) atoms. The fourth-order valence-electron chi connectivity index (χ4n) is 4.58. The first-order valence-corrected chi connectivity index (χ1v) is 12.5. The second kappa shape index (κ2) is 11.2. The summed E-state index contributed by atoms with van der Waals surface area (Å²) in [6, 6.07) is 23.6. The van der Waals surface area contributed by atoms with Gasteiger partial charge in [-0.1, -0.05) is 48.5 Å². The number of nitrogens with one attached hydrogen (secondary N) is 2. The van der Waals surface area contributed by atoms with Crippen molar-refractivity contribution in [1.82, 2.24) is 0 Å². The Labute approximate surface area is 225 Å². The van der Waals surface area contributed by atoms with E-state index in [1.54, 1.807) is 24.3 Å². The lowest BCUT2D eigenvalue weighted by molar-refractivity contribution is -0.117. The number of amidine groups is 1. The second-order valence-corrected chi connectivity index (χ2v) is 9.11. The normalized spacial score (nSPS) is 19.2. The van der Waals surface area contributed by atoms with Gasteiger partial charge in [0.2, 0.25) is 12.1 Å². The summed E-state index contributed by atoms with van der Waals surface area (Å²) in [5.41, 5.74) is 10.4. The summed E-state index contributed by atoms with van der Waals surface area (Å²) in [5, 5.41) is 20.9. The third-order valence-corrected chi connectivity index (χ3v) is 6.48. The number of carbonyl (C=O) groups excluding carboxylic acids is 1. The van der Waals surface area contributed by atoms with Crippen LogP contribution in [0.1, 0.15) is 29.2 Å². The molecule has 2 aliphatic rings. The molecule has 10 nitrogen and oxygen atoms in total. The number of hydrogen-bond acceptors (Lipinski definition) is 8. The van der Waals surface area contributed by atoms with E-state index in [0.29, 0.717) is 48.0 Å². The summed E-state index contributed by atoms with van der Waals surface area (Å²) >= 11 is 0. The predicted octanol–water partition coefficient (Wildman–Crippen LogP) is 3.26. The summed E-state index contributed by atoms with van der Waals surface area (Å²) in [7, 11) is 0. The Morgan fingerprint density at radius 1 is 1.21 bits per heavy atom. The van der Waals surface area contributed by atoms with Crippen molar-refractivity contribution in [2.75, 3.05) is 30.0 Å². The van der Waals surface area contributed by atoms with Crippen LogP contribution in [0.15, 0.2) is 82.8 Å². The molecule has 1 saturated heterocycles. The number of anilines is 2. The van der Waals surface area contributed by atoms with Gasteiger partial charge in [0.05, 0.1) is 47.5 Å². The van der Waals surface area contributed by atoms with Gasteiger partial charge in [0.15, 0.2) is 0 Å². The molecule has 1 fully saturated rings. The van der Waals surface area contributed by atoms with Gasteiger partial charge in [-0.05, 0) is 31.2 Å². The maximum atomic E-state index is 13.1. The molecule has 0 radical (unpaired) electrons. The zero-order valence-electron chi connectivity index (χ0n) is 21.3. The molecule has 1 unspecified atom stereocenters. The number of benzodiazepines with no additional fused rings is 1. The van der Waals surface area contributed by atoms with Crippen LogP contribution in [-0.2, 0) is 14.3 Å². The highest BCUT2D eigenvalue weighted by atomic mass is 16.5. The van der Waals surface area contributed by atoms with Gasteiger partial charge in [-0.3, -0.25) is 10.2 Å². The fraction of sp³-hybridized carbons (Fsp3) is 0.207. The Bertz CT molecular complexity index is 1510. The van der Waals surface area contributed by atoms with E-state index in [4.69, 9.17) is 20.6 Å². The highest BCUT2D eigenvalue weighted by Gasteiger charge is 2.27. The quantitative estimate of drug-likeness (QED) is 0.354.